The maximum Gasteiger partial charge on any atom is -0.0193 e. The molecule has 2 rings (SSSR count). The van der Waals surface area contributed by atoms with Gasteiger partial charge in [0, 0.05) is 0 Å². The number of aryl methyl sites for hydroxylation is 2. The molecule has 0 bridgehead atoms. The van der Waals surface area contributed by atoms with Crippen LogP contribution in [0.3, 0.4) is 0 Å². The first-order valence-corrected chi connectivity index (χ1v) is 4.93. The Hall–Kier alpha value is -0.780. The number of hydrogen-bond acceptors (Lipinski definition) is 0. The fourth-order valence-corrected chi connectivity index (χ4v) is 1.76. The van der Waals surface area contributed by atoms with Crippen LogP contribution in [0, 0.1) is 0 Å². The predicted octanol–water partition coefficient (Wildman–Crippen LogP) is 3.30. The quantitative estimate of drug-likeness (QED) is 0.622. The van der Waals surface area contributed by atoms with Gasteiger partial charge in [-0.2, -0.15) is 0 Å². The standard InChI is InChI=1S/C12H16/c1-3-9(2)11-6-4-10-5-7-12(10)8-11/h4,6,8-9H,3,5,7H2,1-2H3. The average molecular weight is 160 g/mol. The van der Waals surface area contributed by atoms with Gasteiger partial charge in [0.05, 0.1) is 0 Å². The molecular weight excluding hydrogens is 144 g/mol. The van der Waals surface area contributed by atoms with Crippen molar-refractivity contribution in [2.75, 3.05) is 0 Å². The summed E-state index contributed by atoms with van der Waals surface area (Å²) in [7, 11) is 0. The van der Waals surface area contributed by atoms with Gasteiger partial charge in [-0.25, -0.2) is 0 Å². The SMILES string of the molecule is CCC(C)c1ccc2c(c1)CC2. The lowest BCUT2D eigenvalue weighted by atomic mass is 9.84. The third-order valence-electron chi connectivity index (χ3n) is 3.08. The van der Waals surface area contributed by atoms with Crippen LogP contribution in [0.15, 0.2) is 18.2 Å². The van der Waals surface area contributed by atoms with Crippen molar-refractivity contribution in [3.05, 3.63) is 34.9 Å². The molecule has 1 unspecified atom stereocenters. The lowest BCUT2D eigenvalue weighted by Gasteiger charge is -2.21. The van der Waals surface area contributed by atoms with E-state index >= 15 is 0 Å². The van der Waals surface area contributed by atoms with E-state index in [4.69, 9.17) is 0 Å². The van der Waals surface area contributed by atoms with Gasteiger partial charge < -0.3 is 0 Å². The van der Waals surface area contributed by atoms with E-state index in [1.165, 1.54) is 24.8 Å². The Morgan fingerprint density at radius 3 is 2.50 bits per heavy atom. The maximum atomic E-state index is 2.40. The number of fused-ring (bicyclic) bond motifs is 1. The molecule has 1 atom stereocenters. The molecule has 0 amide bonds. The molecule has 0 heterocycles. The summed E-state index contributed by atoms with van der Waals surface area (Å²) in [6.45, 7) is 4.56. The van der Waals surface area contributed by atoms with Crippen LogP contribution in [0.25, 0.3) is 0 Å². The lowest BCUT2D eigenvalue weighted by molar-refractivity contribution is 0.724. The third-order valence-corrected chi connectivity index (χ3v) is 3.08. The Bertz CT molecular complexity index is 286. The van der Waals surface area contributed by atoms with Gasteiger partial charge in [0.15, 0.2) is 0 Å². The second kappa shape index (κ2) is 2.93. The Labute approximate surface area is 74.6 Å². The molecule has 0 aromatic heterocycles. The molecule has 0 fully saturated rings. The van der Waals surface area contributed by atoms with Gasteiger partial charge in [-0.1, -0.05) is 32.0 Å². The van der Waals surface area contributed by atoms with Crippen molar-refractivity contribution in [2.45, 2.75) is 39.0 Å². The van der Waals surface area contributed by atoms with Crippen LogP contribution in [-0.4, -0.2) is 0 Å². The summed E-state index contributed by atoms with van der Waals surface area (Å²) in [6, 6.07) is 7.00. The molecule has 1 aliphatic rings. The average Bonchev–Trinajstić information content (AvgIpc) is 2.06. The molecule has 0 aliphatic heterocycles. The summed E-state index contributed by atoms with van der Waals surface area (Å²) in [5.41, 5.74) is 4.69. The smallest absolute Gasteiger partial charge is 0.0193 e. The fraction of sp³-hybridized carbons (Fsp3) is 0.500. The molecule has 1 aromatic carbocycles. The van der Waals surface area contributed by atoms with Crippen LogP contribution >= 0.6 is 0 Å². The van der Waals surface area contributed by atoms with Crippen LogP contribution in [-0.2, 0) is 12.8 Å². The molecule has 0 heteroatoms. The largest absolute Gasteiger partial charge is 0.0648 e. The summed E-state index contributed by atoms with van der Waals surface area (Å²) in [5, 5.41) is 0. The van der Waals surface area contributed by atoms with Crippen molar-refractivity contribution in [2.24, 2.45) is 0 Å². The number of benzene rings is 1. The van der Waals surface area contributed by atoms with Crippen LogP contribution in [0.2, 0.25) is 0 Å². The molecule has 1 aliphatic carbocycles. The van der Waals surface area contributed by atoms with Crippen LogP contribution in [0.5, 0.6) is 0 Å². The third kappa shape index (κ3) is 1.16. The van der Waals surface area contributed by atoms with Crippen LogP contribution in [0.4, 0.5) is 0 Å². The van der Waals surface area contributed by atoms with Gasteiger partial charge in [0.25, 0.3) is 0 Å². The first-order chi connectivity index (χ1) is 5.81. The van der Waals surface area contributed by atoms with Crippen molar-refractivity contribution in [1.82, 2.24) is 0 Å². The van der Waals surface area contributed by atoms with E-state index in [-0.39, 0.29) is 0 Å². The topological polar surface area (TPSA) is 0 Å². The van der Waals surface area contributed by atoms with Crippen molar-refractivity contribution >= 4 is 0 Å². The summed E-state index contributed by atoms with van der Waals surface area (Å²) in [5.74, 6) is 0.732. The van der Waals surface area contributed by atoms with Crippen molar-refractivity contribution < 1.29 is 0 Å². The molecule has 1 aromatic rings. The lowest BCUT2D eigenvalue weighted by Crippen LogP contribution is -2.08. The van der Waals surface area contributed by atoms with E-state index < -0.39 is 0 Å². The summed E-state index contributed by atoms with van der Waals surface area (Å²) < 4.78 is 0. The van der Waals surface area contributed by atoms with Gasteiger partial charge >= 0.3 is 0 Å². The first-order valence-electron chi connectivity index (χ1n) is 4.93. The molecule has 64 valence electrons. The van der Waals surface area contributed by atoms with Crippen molar-refractivity contribution in [3.63, 3.8) is 0 Å². The van der Waals surface area contributed by atoms with E-state index in [1.807, 2.05) is 0 Å². The normalized spacial score (nSPS) is 16.5. The highest BCUT2D eigenvalue weighted by Gasteiger charge is 2.13. The zero-order chi connectivity index (χ0) is 8.55. The molecule has 0 radical (unpaired) electrons. The first kappa shape index (κ1) is 7.85. The Morgan fingerprint density at radius 1 is 1.25 bits per heavy atom. The van der Waals surface area contributed by atoms with Crippen molar-refractivity contribution in [1.29, 1.82) is 0 Å². The van der Waals surface area contributed by atoms with E-state index in [0.717, 1.165) is 5.92 Å². The molecule has 0 N–H and O–H groups in total. The second-order valence-electron chi connectivity index (χ2n) is 3.84. The Kier molecular flexibility index (Phi) is 1.92. The van der Waals surface area contributed by atoms with Gasteiger partial charge in [0.1, 0.15) is 0 Å². The molecule has 0 saturated heterocycles. The zero-order valence-corrected chi connectivity index (χ0v) is 7.93. The predicted molar refractivity (Wildman–Crippen MR) is 52.6 cm³/mol. The molecule has 0 spiro atoms. The van der Waals surface area contributed by atoms with Gasteiger partial charge in [-0.3, -0.25) is 0 Å². The highest BCUT2D eigenvalue weighted by molar-refractivity contribution is 5.39. The second-order valence-corrected chi connectivity index (χ2v) is 3.84. The molecule has 12 heavy (non-hydrogen) atoms. The summed E-state index contributed by atoms with van der Waals surface area (Å²) >= 11 is 0. The molecular formula is C12H16. The van der Waals surface area contributed by atoms with E-state index in [1.54, 1.807) is 11.1 Å². The fourth-order valence-electron chi connectivity index (χ4n) is 1.76. The van der Waals surface area contributed by atoms with Gasteiger partial charge in [-0.15, -0.1) is 0 Å². The number of rotatable bonds is 2. The van der Waals surface area contributed by atoms with Crippen LogP contribution in [0.1, 0.15) is 42.9 Å². The minimum atomic E-state index is 0.732. The highest BCUT2D eigenvalue weighted by Crippen LogP contribution is 2.27. The molecule has 0 nitrogen and oxygen atoms in total. The highest BCUT2D eigenvalue weighted by atomic mass is 14.2. The van der Waals surface area contributed by atoms with E-state index in [9.17, 15) is 0 Å². The van der Waals surface area contributed by atoms with Gasteiger partial charge in [-0.05, 0) is 41.9 Å². The van der Waals surface area contributed by atoms with Gasteiger partial charge in [0.2, 0.25) is 0 Å². The molecule has 0 saturated carbocycles. The zero-order valence-electron chi connectivity index (χ0n) is 7.93. The minimum absolute atomic E-state index is 0.732. The van der Waals surface area contributed by atoms with E-state index in [2.05, 4.69) is 32.0 Å². The Morgan fingerprint density at radius 2 is 2.00 bits per heavy atom. The van der Waals surface area contributed by atoms with E-state index in [0.29, 0.717) is 0 Å². The Balaban J connectivity index is 2.28. The van der Waals surface area contributed by atoms with Crippen LogP contribution < -0.4 is 0 Å². The minimum Gasteiger partial charge on any atom is -0.0648 e. The summed E-state index contributed by atoms with van der Waals surface area (Å²) in [6.07, 6.45) is 3.86. The monoisotopic (exact) mass is 160 g/mol. The number of hydrogen-bond donors (Lipinski definition) is 0. The maximum absolute atomic E-state index is 2.40. The van der Waals surface area contributed by atoms with Crippen molar-refractivity contribution in [3.8, 4) is 0 Å². The summed E-state index contributed by atoms with van der Waals surface area (Å²) in [4.78, 5) is 0.